The van der Waals surface area contributed by atoms with Crippen LogP contribution in [0.2, 0.25) is 0 Å². The van der Waals surface area contributed by atoms with Crippen molar-refractivity contribution < 1.29 is 24.1 Å². The van der Waals surface area contributed by atoms with Crippen LogP contribution in [0, 0.1) is 0 Å². The van der Waals surface area contributed by atoms with Gasteiger partial charge in [0.15, 0.2) is 11.5 Å². The molecular weight excluding hydrogens is 332 g/mol. The van der Waals surface area contributed by atoms with Crippen LogP contribution >= 0.6 is 0 Å². The predicted octanol–water partition coefficient (Wildman–Crippen LogP) is 4.14. The Hall–Kier alpha value is -3.47. The van der Waals surface area contributed by atoms with Crippen LogP contribution in [0.25, 0.3) is 11.1 Å². The lowest BCUT2D eigenvalue weighted by Crippen LogP contribution is -2.05. The van der Waals surface area contributed by atoms with Crippen molar-refractivity contribution in [3.63, 3.8) is 0 Å². The first-order chi connectivity index (χ1) is 12.7. The fraction of sp³-hybridized carbons (Fsp3) is 0.0952. The van der Waals surface area contributed by atoms with Crippen LogP contribution in [0.1, 0.15) is 15.9 Å². The van der Waals surface area contributed by atoms with Gasteiger partial charge >= 0.3 is 5.97 Å². The van der Waals surface area contributed by atoms with Crippen LogP contribution in [0.3, 0.4) is 0 Å². The van der Waals surface area contributed by atoms with Gasteiger partial charge in [0.25, 0.3) is 0 Å². The van der Waals surface area contributed by atoms with E-state index in [1.54, 1.807) is 30.3 Å². The first-order valence-corrected chi connectivity index (χ1v) is 8.14. The minimum Gasteiger partial charge on any atom is -0.508 e. The summed E-state index contributed by atoms with van der Waals surface area (Å²) in [5, 5.41) is 9.35. The third kappa shape index (κ3) is 3.32. The summed E-state index contributed by atoms with van der Waals surface area (Å²) in [5.74, 6) is 1.19. The fourth-order valence-corrected chi connectivity index (χ4v) is 2.72. The van der Waals surface area contributed by atoms with Gasteiger partial charge in [-0.2, -0.15) is 0 Å². The van der Waals surface area contributed by atoms with E-state index in [1.807, 2.05) is 36.4 Å². The Morgan fingerprint density at radius 2 is 1.54 bits per heavy atom. The van der Waals surface area contributed by atoms with E-state index in [4.69, 9.17) is 14.2 Å². The van der Waals surface area contributed by atoms with Gasteiger partial charge in [-0.15, -0.1) is 0 Å². The molecule has 3 aromatic rings. The summed E-state index contributed by atoms with van der Waals surface area (Å²) >= 11 is 0. The van der Waals surface area contributed by atoms with Crippen molar-refractivity contribution in [2.75, 3.05) is 6.79 Å². The fourth-order valence-electron chi connectivity index (χ4n) is 2.72. The van der Waals surface area contributed by atoms with E-state index in [2.05, 4.69) is 0 Å². The quantitative estimate of drug-likeness (QED) is 0.718. The average molecular weight is 348 g/mol. The summed E-state index contributed by atoms with van der Waals surface area (Å²) in [5.41, 5.74) is 3.23. The Labute approximate surface area is 150 Å². The molecule has 0 radical (unpaired) electrons. The largest absolute Gasteiger partial charge is 0.508 e. The van der Waals surface area contributed by atoms with Crippen molar-refractivity contribution in [2.24, 2.45) is 0 Å². The van der Waals surface area contributed by atoms with Crippen LogP contribution in [0.5, 0.6) is 17.2 Å². The Morgan fingerprint density at radius 1 is 0.885 bits per heavy atom. The van der Waals surface area contributed by atoms with Gasteiger partial charge in [-0.25, -0.2) is 4.79 Å². The number of phenols is 1. The second-order valence-electron chi connectivity index (χ2n) is 5.89. The highest BCUT2D eigenvalue weighted by atomic mass is 16.7. The van der Waals surface area contributed by atoms with Crippen LogP contribution in [-0.2, 0) is 11.3 Å². The van der Waals surface area contributed by atoms with Crippen molar-refractivity contribution in [2.45, 2.75) is 6.61 Å². The molecular formula is C21H16O5. The monoisotopic (exact) mass is 348 g/mol. The molecule has 0 spiro atoms. The van der Waals surface area contributed by atoms with Crippen LogP contribution < -0.4 is 9.47 Å². The molecule has 0 saturated carbocycles. The lowest BCUT2D eigenvalue weighted by Gasteiger charge is -2.07. The SMILES string of the molecule is O=C(OCc1ccc2c(c1)OCO2)c1ccc(-c2ccc(O)cc2)cc1. The van der Waals surface area contributed by atoms with Gasteiger partial charge in [-0.05, 0) is 53.1 Å². The molecule has 1 aliphatic heterocycles. The highest BCUT2D eigenvalue weighted by Gasteiger charge is 2.14. The van der Waals surface area contributed by atoms with Gasteiger partial charge in [0.05, 0.1) is 5.56 Å². The molecule has 0 amide bonds. The Balaban J connectivity index is 1.41. The number of carbonyl (C=O) groups excluding carboxylic acids is 1. The number of ether oxygens (including phenoxy) is 3. The van der Waals surface area contributed by atoms with Crippen molar-refractivity contribution in [1.29, 1.82) is 0 Å². The molecule has 0 unspecified atom stereocenters. The van der Waals surface area contributed by atoms with E-state index >= 15 is 0 Å². The first kappa shape index (κ1) is 16.0. The van der Waals surface area contributed by atoms with E-state index in [0.29, 0.717) is 17.1 Å². The number of fused-ring (bicyclic) bond motifs is 1. The summed E-state index contributed by atoms with van der Waals surface area (Å²) < 4.78 is 15.9. The Kier molecular flexibility index (Phi) is 4.19. The van der Waals surface area contributed by atoms with Gasteiger partial charge < -0.3 is 19.3 Å². The molecule has 4 rings (SSSR count). The predicted molar refractivity (Wildman–Crippen MR) is 95.2 cm³/mol. The first-order valence-electron chi connectivity index (χ1n) is 8.14. The van der Waals surface area contributed by atoms with Crippen molar-refractivity contribution in [1.82, 2.24) is 0 Å². The highest BCUT2D eigenvalue weighted by Crippen LogP contribution is 2.32. The molecule has 5 heteroatoms. The standard InChI is InChI=1S/C21H16O5/c22-18-8-6-16(7-9-18)15-2-4-17(5-3-15)21(23)24-12-14-1-10-19-20(11-14)26-13-25-19/h1-11,22H,12-13H2. The second kappa shape index (κ2) is 6.80. The van der Waals surface area contributed by atoms with E-state index < -0.39 is 0 Å². The summed E-state index contributed by atoms with van der Waals surface area (Å²) in [6.07, 6.45) is 0. The maximum absolute atomic E-state index is 12.2. The maximum Gasteiger partial charge on any atom is 0.338 e. The molecule has 0 aliphatic carbocycles. The Morgan fingerprint density at radius 3 is 2.27 bits per heavy atom. The minimum atomic E-state index is -0.389. The van der Waals surface area contributed by atoms with Gasteiger partial charge in [-0.1, -0.05) is 30.3 Å². The number of phenolic OH excluding ortho intramolecular Hbond substituents is 1. The van der Waals surface area contributed by atoms with Crippen molar-refractivity contribution in [3.05, 3.63) is 77.9 Å². The molecule has 5 nitrogen and oxygen atoms in total. The number of rotatable bonds is 4. The van der Waals surface area contributed by atoms with Crippen LogP contribution in [-0.4, -0.2) is 17.9 Å². The zero-order valence-electron chi connectivity index (χ0n) is 13.8. The topological polar surface area (TPSA) is 65.0 Å². The van der Waals surface area contributed by atoms with Crippen molar-refractivity contribution >= 4 is 5.97 Å². The summed E-state index contributed by atoms with van der Waals surface area (Å²) in [6, 6.07) is 19.5. The molecule has 0 atom stereocenters. The van der Waals surface area contributed by atoms with Gasteiger partial charge in [0.1, 0.15) is 12.4 Å². The van der Waals surface area contributed by atoms with Gasteiger partial charge in [-0.3, -0.25) is 0 Å². The molecule has 1 aliphatic rings. The molecule has 0 saturated heterocycles. The third-order valence-corrected chi connectivity index (χ3v) is 4.13. The van der Waals surface area contributed by atoms with Crippen LogP contribution in [0.4, 0.5) is 0 Å². The van der Waals surface area contributed by atoms with E-state index in [0.717, 1.165) is 16.7 Å². The minimum absolute atomic E-state index is 0.162. The number of hydrogen-bond acceptors (Lipinski definition) is 5. The molecule has 0 fully saturated rings. The number of aromatic hydroxyl groups is 1. The van der Waals surface area contributed by atoms with E-state index in [1.165, 1.54) is 0 Å². The molecule has 3 aromatic carbocycles. The molecule has 26 heavy (non-hydrogen) atoms. The number of esters is 1. The van der Waals surface area contributed by atoms with Crippen LogP contribution in [0.15, 0.2) is 66.7 Å². The lowest BCUT2D eigenvalue weighted by atomic mass is 10.0. The van der Waals surface area contributed by atoms with Gasteiger partial charge in [0.2, 0.25) is 6.79 Å². The van der Waals surface area contributed by atoms with Crippen molar-refractivity contribution in [3.8, 4) is 28.4 Å². The van der Waals surface area contributed by atoms with E-state index in [9.17, 15) is 9.90 Å². The third-order valence-electron chi connectivity index (χ3n) is 4.13. The maximum atomic E-state index is 12.2. The smallest absolute Gasteiger partial charge is 0.338 e. The molecule has 0 bridgehead atoms. The molecule has 1 heterocycles. The molecule has 0 aromatic heterocycles. The summed E-state index contributed by atoms with van der Waals surface area (Å²) in [4.78, 5) is 12.2. The summed E-state index contributed by atoms with van der Waals surface area (Å²) in [7, 11) is 0. The zero-order chi connectivity index (χ0) is 17.9. The molecule has 1 N–H and O–H groups in total. The number of hydrogen-bond donors (Lipinski definition) is 1. The van der Waals surface area contributed by atoms with Gasteiger partial charge in [0, 0.05) is 0 Å². The highest BCUT2D eigenvalue weighted by molar-refractivity contribution is 5.90. The number of carbonyl (C=O) groups is 1. The molecule has 130 valence electrons. The average Bonchev–Trinajstić information content (AvgIpc) is 3.15. The lowest BCUT2D eigenvalue weighted by molar-refractivity contribution is 0.0472. The van der Waals surface area contributed by atoms with E-state index in [-0.39, 0.29) is 25.1 Å². The number of benzene rings is 3. The summed E-state index contributed by atoms with van der Waals surface area (Å²) in [6.45, 7) is 0.376. The normalized spacial score (nSPS) is 12.0. The second-order valence-corrected chi connectivity index (χ2v) is 5.89. The zero-order valence-corrected chi connectivity index (χ0v) is 13.8. The Bertz CT molecular complexity index is 930.